The highest BCUT2D eigenvalue weighted by atomic mass is 32.1. The molecule has 0 saturated heterocycles. The van der Waals surface area contributed by atoms with Gasteiger partial charge in [-0.15, -0.1) is 11.3 Å². The summed E-state index contributed by atoms with van der Waals surface area (Å²) in [7, 11) is 3.01. The van der Waals surface area contributed by atoms with E-state index in [0.29, 0.717) is 17.1 Å². The summed E-state index contributed by atoms with van der Waals surface area (Å²) in [5.74, 6) is 0.136. The molecule has 2 aromatic carbocycles. The first kappa shape index (κ1) is 20.3. The second-order valence-corrected chi connectivity index (χ2v) is 7.37. The maximum absolute atomic E-state index is 12.2. The Bertz CT molecular complexity index is 1070. The van der Waals surface area contributed by atoms with Gasteiger partial charge < -0.3 is 14.8 Å². The number of amides is 2. The van der Waals surface area contributed by atoms with Gasteiger partial charge >= 0.3 is 0 Å². The first-order chi connectivity index (χ1) is 14.0. The Morgan fingerprint density at radius 1 is 1.10 bits per heavy atom. The summed E-state index contributed by atoms with van der Waals surface area (Å²) in [5, 5.41) is 7.67. The van der Waals surface area contributed by atoms with Crippen LogP contribution in [0.2, 0.25) is 0 Å². The van der Waals surface area contributed by atoms with Crippen molar-refractivity contribution < 1.29 is 19.1 Å². The van der Waals surface area contributed by atoms with Crippen molar-refractivity contribution in [3.8, 4) is 11.5 Å². The van der Waals surface area contributed by atoms with Gasteiger partial charge in [-0.2, -0.15) is 5.10 Å². The van der Waals surface area contributed by atoms with Crippen LogP contribution < -0.4 is 20.2 Å². The monoisotopic (exact) mass is 411 g/mol. The Morgan fingerprint density at radius 3 is 2.62 bits per heavy atom. The van der Waals surface area contributed by atoms with Gasteiger partial charge in [0.1, 0.15) is 0 Å². The van der Waals surface area contributed by atoms with Crippen molar-refractivity contribution in [2.75, 3.05) is 20.8 Å². The lowest BCUT2D eigenvalue weighted by Gasteiger charge is -2.09. The lowest BCUT2D eigenvalue weighted by atomic mass is 10.1. The molecule has 0 bridgehead atoms. The second-order valence-electron chi connectivity index (χ2n) is 6.11. The van der Waals surface area contributed by atoms with E-state index in [4.69, 9.17) is 9.47 Å². The van der Waals surface area contributed by atoms with Crippen LogP contribution in [0.15, 0.2) is 47.6 Å². The number of ether oxygens (including phenoxy) is 2. The molecular weight excluding hydrogens is 390 g/mol. The third-order valence-corrected chi connectivity index (χ3v) is 5.36. The van der Waals surface area contributed by atoms with E-state index in [0.717, 1.165) is 15.8 Å². The number of carbonyl (C=O) groups excluding carboxylic acids is 2. The average Bonchev–Trinajstić information content (AvgIpc) is 3.06. The fraction of sp³-hybridized carbons (Fsp3) is 0.190. The van der Waals surface area contributed by atoms with Gasteiger partial charge in [0, 0.05) is 26.1 Å². The molecule has 0 aliphatic carbocycles. The van der Waals surface area contributed by atoms with Crippen LogP contribution in [0.3, 0.4) is 0 Å². The summed E-state index contributed by atoms with van der Waals surface area (Å²) in [4.78, 5) is 25.4. The highest BCUT2D eigenvalue weighted by Crippen LogP contribution is 2.29. The molecule has 0 fully saturated rings. The number of hydrogen-bond acceptors (Lipinski definition) is 6. The highest BCUT2D eigenvalue weighted by molar-refractivity contribution is 7.19. The van der Waals surface area contributed by atoms with Gasteiger partial charge in [0.15, 0.2) is 11.5 Å². The molecule has 0 saturated carbocycles. The van der Waals surface area contributed by atoms with Crippen molar-refractivity contribution in [1.82, 2.24) is 10.7 Å². The molecule has 0 aliphatic heterocycles. The summed E-state index contributed by atoms with van der Waals surface area (Å²) in [6.45, 7) is 1.81. The van der Waals surface area contributed by atoms with Crippen LogP contribution in [0.5, 0.6) is 11.5 Å². The summed E-state index contributed by atoms with van der Waals surface area (Å²) in [6, 6.07) is 12.8. The molecule has 150 valence electrons. The Hall–Kier alpha value is -3.39. The quantitative estimate of drug-likeness (QED) is 0.462. The molecule has 0 spiro atoms. The number of fused-ring (bicyclic) bond motifs is 1. The number of nitrogens with zero attached hydrogens (tertiary/aromatic N) is 1. The number of rotatable bonds is 7. The Labute approximate surface area is 172 Å². The molecule has 0 radical (unpaired) electrons. The van der Waals surface area contributed by atoms with Crippen LogP contribution in [-0.4, -0.2) is 38.8 Å². The van der Waals surface area contributed by atoms with Crippen LogP contribution in [0, 0.1) is 6.92 Å². The van der Waals surface area contributed by atoms with E-state index in [9.17, 15) is 9.59 Å². The topological polar surface area (TPSA) is 89.0 Å². The molecule has 2 N–H and O–H groups in total. The summed E-state index contributed by atoms with van der Waals surface area (Å²) >= 11 is 1.67. The van der Waals surface area contributed by atoms with Crippen LogP contribution in [-0.2, 0) is 4.79 Å². The van der Waals surface area contributed by atoms with Gasteiger partial charge in [-0.1, -0.05) is 18.2 Å². The standard InChI is InChI=1S/C21H21N3O4S/c1-13-16(15-6-4-5-7-19(15)29-13)11-23-24-20(25)12-22-21(26)14-8-9-17(27-2)18(10-14)28-3/h4-11H,12H2,1-3H3,(H,22,26)(H,24,25)/b23-11+. The van der Waals surface area contributed by atoms with E-state index < -0.39 is 11.8 Å². The maximum atomic E-state index is 12.2. The molecule has 3 rings (SSSR count). The Kier molecular flexibility index (Phi) is 6.46. The predicted molar refractivity (Wildman–Crippen MR) is 114 cm³/mol. The molecule has 0 unspecified atom stereocenters. The molecule has 3 aromatic rings. The van der Waals surface area contributed by atoms with Crippen molar-refractivity contribution in [2.45, 2.75) is 6.92 Å². The third-order valence-electron chi connectivity index (χ3n) is 4.26. The number of benzene rings is 2. The molecule has 2 amide bonds. The van der Waals surface area contributed by atoms with Crippen molar-refractivity contribution in [3.05, 3.63) is 58.5 Å². The minimum absolute atomic E-state index is 0.201. The molecule has 1 aromatic heterocycles. The van der Waals surface area contributed by atoms with Gasteiger partial charge in [0.2, 0.25) is 0 Å². The zero-order valence-electron chi connectivity index (χ0n) is 16.3. The van der Waals surface area contributed by atoms with Crippen LogP contribution in [0.25, 0.3) is 10.1 Å². The molecule has 8 heteroatoms. The Morgan fingerprint density at radius 2 is 1.86 bits per heavy atom. The summed E-state index contributed by atoms with van der Waals surface area (Å²) < 4.78 is 11.5. The molecule has 29 heavy (non-hydrogen) atoms. The highest BCUT2D eigenvalue weighted by Gasteiger charge is 2.12. The lowest BCUT2D eigenvalue weighted by molar-refractivity contribution is -0.120. The van der Waals surface area contributed by atoms with Gasteiger partial charge in [-0.3, -0.25) is 9.59 Å². The normalized spacial score (nSPS) is 10.9. The lowest BCUT2D eigenvalue weighted by Crippen LogP contribution is -2.34. The van der Waals surface area contributed by atoms with Crippen molar-refractivity contribution in [3.63, 3.8) is 0 Å². The number of methoxy groups -OCH3 is 2. The largest absolute Gasteiger partial charge is 0.493 e. The zero-order valence-corrected chi connectivity index (χ0v) is 17.1. The van der Waals surface area contributed by atoms with Crippen LogP contribution in [0.1, 0.15) is 20.8 Å². The van der Waals surface area contributed by atoms with Gasteiger partial charge in [0.05, 0.1) is 27.0 Å². The number of hydrogen-bond donors (Lipinski definition) is 2. The third kappa shape index (κ3) is 4.72. The molecule has 1 heterocycles. The fourth-order valence-corrected chi connectivity index (χ4v) is 3.83. The van der Waals surface area contributed by atoms with Gasteiger partial charge in [-0.25, -0.2) is 5.43 Å². The van der Waals surface area contributed by atoms with E-state index in [1.165, 1.54) is 18.9 Å². The fourth-order valence-electron chi connectivity index (χ4n) is 2.80. The van der Waals surface area contributed by atoms with E-state index >= 15 is 0 Å². The van der Waals surface area contributed by atoms with E-state index in [2.05, 4.69) is 15.8 Å². The summed E-state index contributed by atoms with van der Waals surface area (Å²) in [6.07, 6.45) is 1.63. The van der Waals surface area contributed by atoms with Gasteiger partial charge in [-0.05, 0) is 31.2 Å². The van der Waals surface area contributed by atoms with Crippen molar-refractivity contribution in [1.29, 1.82) is 0 Å². The number of hydrazone groups is 1. The van der Waals surface area contributed by atoms with E-state index in [1.54, 1.807) is 35.8 Å². The number of aryl methyl sites for hydroxylation is 1. The SMILES string of the molecule is COc1ccc(C(=O)NCC(=O)N/N=C/c2c(C)sc3ccccc23)cc1OC. The smallest absolute Gasteiger partial charge is 0.259 e. The molecule has 7 nitrogen and oxygen atoms in total. The molecular formula is C21H21N3O4S. The van der Waals surface area contributed by atoms with Crippen LogP contribution >= 0.6 is 11.3 Å². The Balaban J connectivity index is 1.56. The van der Waals surface area contributed by atoms with Crippen LogP contribution in [0.4, 0.5) is 0 Å². The number of thiophene rings is 1. The minimum Gasteiger partial charge on any atom is -0.493 e. The molecule has 0 atom stereocenters. The van der Waals surface area contributed by atoms with Crippen molar-refractivity contribution >= 4 is 39.5 Å². The average molecular weight is 411 g/mol. The number of carbonyl (C=O) groups is 2. The maximum Gasteiger partial charge on any atom is 0.259 e. The minimum atomic E-state index is -0.424. The zero-order chi connectivity index (χ0) is 20.8. The molecule has 0 aliphatic rings. The predicted octanol–water partition coefficient (Wildman–Crippen LogP) is 3.11. The van der Waals surface area contributed by atoms with E-state index in [-0.39, 0.29) is 6.54 Å². The first-order valence-corrected chi connectivity index (χ1v) is 9.65. The van der Waals surface area contributed by atoms with Crippen molar-refractivity contribution in [2.24, 2.45) is 5.10 Å². The van der Waals surface area contributed by atoms with E-state index in [1.807, 2.05) is 31.2 Å². The van der Waals surface area contributed by atoms with Gasteiger partial charge in [0.25, 0.3) is 11.8 Å². The second kappa shape index (κ2) is 9.20. The first-order valence-electron chi connectivity index (χ1n) is 8.83. The number of nitrogens with one attached hydrogen (secondary N) is 2. The summed E-state index contributed by atoms with van der Waals surface area (Å²) in [5.41, 5.74) is 3.77.